The highest BCUT2D eigenvalue weighted by atomic mass is 35.5. The number of hydrogen-bond acceptors (Lipinski definition) is 2. The molecule has 1 aliphatic carbocycles. The van der Waals surface area contributed by atoms with Crippen molar-refractivity contribution >= 4 is 22.8 Å². The van der Waals surface area contributed by atoms with Gasteiger partial charge in [-0.25, -0.2) is 4.98 Å². The number of alkyl halides is 1. The SMILES string of the molecule is CCCc1nn(C)c2c1nc(C(C)Cl)n2CC1(C)CCC1. The maximum Gasteiger partial charge on any atom is 0.158 e. The van der Waals surface area contributed by atoms with Crippen molar-refractivity contribution in [3.05, 3.63) is 11.5 Å². The van der Waals surface area contributed by atoms with Gasteiger partial charge in [0, 0.05) is 13.6 Å². The molecule has 1 unspecified atom stereocenters. The molecule has 1 saturated carbocycles. The predicted molar refractivity (Wildman–Crippen MR) is 86.7 cm³/mol. The second-order valence-corrected chi connectivity index (χ2v) is 7.48. The lowest BCUT2D eigenvalue weighted by Crippen LogP contribution is -2.31. The first-order valence-electron chi connectivity index (χ1n) is 8.01. The molecule has 2 aromatic heterocycles. The van der Waals surface area contributed by atoms with E-state index in [-0.39, 0.29) is 5.38 Å². The quantitative estimate of drug-likeness (QED) is 0.776. The van der Waals surface area contributed by atoms with Gasteiger partial charge in [-0.15, -0.1) is 11.6 Å². The summed E-state index contributed by atoms with van der Waals surface area (Å²) in [5.41, 5.74) is 3.67. The Kier molecular flexibility index (Phi) is 3.76. The summed E-state index contributed by atoms with van der Waals surface area (Å²) in [5.74, 6) is 0.991. The van der Waals surface area contributed by atoms with Crippen molar-refractivity contribution in [1.29, 1.82) is 0 Å². The molecule has 2 aromatic rings. The molecule has 0 radical (unpaired) electrons. The van der Waals surface area contributed by atoms with Crippen LogP contribution in [0.25, 0.3) is 11.2 Å². The molecule has 21 heavy (non-hydrogen) atoms. The average Bonchev–Trinajstić information content (AvgIpc) is 2.88. The number of fused-ring (bicyclic) bond motifs is 1. The third kappa shape index (κ3) is 2.48. The molecule has 1 atom stereocenters. The Morgan fingerprint density at radius 3 is 2.62 bits per heavy atom. The predicted octanol–water partition coefficient (Wildman–Crippen LogP) is 4.21. The van der Waals surface area contributed by atoms with Crippen molar-refractivity contribution in [2.75, 3.05) is 0 Å². The Hall–Kier alpha value is -1.03. The fourth-order valence-corrected chi connectivity index (χ4v) is 3.61. The number of halogens is 1. The first-order valence-corrected chi connectivity index (χ1v) is 8.45. The Labute approximate surface area is 131 Å². The zero-order valence-electron chi connectivity index (χ0n) is 13.5. The summed E-state index contributed by atoms with van der Waals surface area (Å²) < 4.78 is 4.30. The molecule has 116 valence electrons. The lowest BCUT2D eigenvalue weighted by atomic mass is 9.70. The van der Waals surface area contributed by atoms with Crippen LogP contribution < -0.4 is 0 Å². The molecule has 0 N–H and O–H groups in total. The Balaban J connectivity index is 2.12. The molecule has 0 saturated heterocycles. The summed E-state index contributed by atoms with van der Waals surface area (Å²) in [5, 5.41) is 4.59. The van der Waals surface area contributed by atoms with Gasteiger partial charge in [0.15, 0.2) is 5.65 Å². The topological polar surface area (TPSA) is 35.6 Å². The molecule has 3 rings (SSSR count). The molecule has 4 nitrogen and oxygen atoms in total. The van der Waals surface area contributed by atoms with E-state index in [2.05, 4.69) is 23.5 Å². The van der Waals surface area contributed by atoms with Gasteiger partial charge < -0.3 is 4.57 Å². The van der Waals surface area contributed by atoms with E-state index in [1.807, 2.05) is 18.7 Å². The Bertz CT molecular complexity index is 649. The number of nitrogens with zero attached hydrogens (tertiary/aromatic N) is 4. The van der Waals surface area contributed by atoms with Crippen molar-refractivity contribution in [3.8, 4) is 0 Å². The van der Waals surface area contributed by atoms with Gasteiger partial charge in [0.25, 0.3) is 0 Å². The molecule has 2 heterocycles. The summed E-state index contributed by atoms with van der Waals surface area (Å²) in [6.07, 6.45) is 5.99. The summed E-state index contributed by atoms with van der Waals surface area (Å²) in [7, 11) is 2.02. The first-order chi connectivity index (χ1) is 9.95. The Morgan fingerprint density at radius 2 is 2.10 bits per heavy atom. The van der Waals surface area contributed by atoms with Crippen molar-refractivity contribution in [3.63, 3.8) is 0 Å². The summed E-state index contributed by atoms with van der Waals surface area (Å²) in [6.45, 7) is 7.56. The lowest BCUT2D eigenvalue weighted by Gasteiger charge is -2.39. The third-order valence-corrected chi connectivity index (χ3v) is 4.96. The van der Waals surface area contributed by atoms with Crippen LogP contribution in [0.3, 0.4) is 0 Å². The first kappa shape index (κ1) is 14.9. The van der Waals surface area contributed by atoms with E-state index in [1.165, 1.54) is 19.3 Å². The van der Waals surface area contributed by atoms with E-state index in [9.17, 15) is 0 Å². The van der Waals surface area contributed by atoms with Crippen LogP contribution in [-0.4, -0.2) is 19.3 Å². The van der Waals surface area contributed by atoms with E-state index >= 15 is 0 Å². The molecule has 0 spiro atoms. The number of hydrogen-bond donors (Lipinski definition) is 0. The van der Waals surface area contributed by atoms with Crippen LogP contribution in [0.5, 0.6) is 0 Å². The molecule has 0 bridgehead atoms. The van der Waals surface area contributed by atoms with Crippen LogP contribution in [0.4, 0.5) is 0 Å². The van der Waals surface area contributed by atoms with Gasteiger partial charge in [0.1, 0.15) is 11.3 Å². The minimum atomic E-state index is -0.0736. The number of aryl methyl sites for hydroxylation is 2. The zero-order valence-corrected chi connectivity index (χ0v) is 14.2. The average molecular weight is 309 g/mol. The van der Waals surface area contributed by atoms with Gasteiger partial charge in [-0.1, -0.05) is 26.7 Å². The van der Waals surface area contributed by atoms with E-state index in [0.29, 0.717) is 5.41 Å². The number of rotatable bonds is 5. The van der Waals surface area contributed by atoms with Gasteiger partial charge in [-0.05, 0) is 31.6 Å². The number of imidazole rings is 1. The number of aromatic nitrogens is 4. The van der Waals surface area contributed by atoms with Gasteiger partial charge in [0.05, 0.1) is 11.1 Å². The van der Waals surface area contributed by atoms with Gasteiger partial charge in [-0.2, -0.15) is 5.10 Å². The fraction of sp³-hybridized carbons (Fsp3) is 0.750. The molecule has 0 aromatic carbocycles. The van der Waals surface area contributed by atoms with Crippen molar-refractivity contribution in [1.82, 2.24) is 19.3 Å². The molecule has 1 aliphatic rings. The normalized spacial score (nSPS) is 18.9. The highest BCUT2D eigenvalue weighted by Gasteiger charge is 2.34. The second kappa shape index (κ2) is 5.31. The lowest BCUT2D eigenvalue weighted by molar-refractivity contribution is 0.132. The molecule has 0 amide bonds. The van der Waals surface area contributed by atoms with E-state index in [0.717, 1.165) is 42.1 Å². The molecular weight excluding hydrogens is 284 g/mol. The third-order valence-electron chi connectivity index (χ3n) is 4.76. The van der Waals surface area contributed by atoms with Crippen molar-refractivity contribution in [2.45, 2.75) is 64.8 Å². The minimum absolute atomic E-state index is 0.0736. The van der Waals surface area contributed by atoms with E-state index < -0.39 is 0 Å². The highest BCUT2D eigenvalue weighted by Crippen LogP contribution is 2.43. The van der Waals surface area contributed by atoms with Crippen LogP contribution in [-0.2, 0) is 20.0 Å². The van der Waals surface area contributed by atoms with Crippen LogP contribution in [0.1, 0.15) is 63.3 Å². The molecule has 5 heteroatoms. The zero-order chi connectivity index (χ0) is 15.2. The standard InChI is InChI=1S/C16H25ClN4/c1-5-7-12-13-15(20(4)19-12)21(14(18-13)11(2)17)10-16(3)8-6-9-16/h11H,5-10H2,1-4H3. The minimum Gasteiger partial charge on any atom is -0.311 e. The van der Waals surface area contributed by atoms with Crippen LogP contribution in [0, 0.1) is 5.41 Å². The molecule has 0 aliphatic heterocycles. The maximum absolute atomic E-state index is 6.40. The van der Waals surface area contributed by atoms with Crippen LogP contribution in [0.15, 0.2) is 0 Å². The largest absolute Gasteiger partial charge is 0.311 e. The highest BCUT2D eigenvalue weighted by molar-refractivity contribution is 6.20. The van der Waals surface area contributed by atoms with Gasteiger partial charge in [0.2, 0.25) is 0 Å². The summed E-state index contributed by atoms with van der Waals surface area (Å²) in [6, 6.07) is 0. The molecule has 1 fully saturated rings. The maximum atomic E-state index is 6.40. The molecular formula is C16H25ClN4. The smallest absolute Gasteiger partial charge is 0.158 e. The summed E-state index contributed by atoms with van der Waals surface area (Å²) in [4.78, 5) is 4.84. The van der Waals surface area contributed by atoms with Crippen LogP contribution in [0.2, 0.25) is 0 Å². The fourth-order valence-electron chi connectivity index (χ4n) is 3.44. The van der Waals surface area contributed by atoms with Crippen molar-refractivity contribution < 1.29 is 0 Å². The monoisotopic (exact) mass is 308 g/mol. The summed E-state index contributed by atoms with van der Waals surface area (Å²) >= 11 is 6.40. The second-order valence-electron chi connectivity index (χ2n) is 6.83. The van der Waals surface area contributed by atoms with Gasteiger partial charge in [-0.3, -0.25) is 4.68 Å². The van der Waals surface area contributed by atoms with E-state index in [1.54, 1.807) is 0 Å². The Morgan fingerprint density at radius 1 is 1.38 bits per heavy atom. The van der Waals surface area contributed by atoms with Crippen LogP contribution >= 0.6 is 11.6 Å². The van der Waals surface area contributed by atoms with Gasteiger partial charge >= 0.3 is 0 Å². The van der Waals surface area contributed by atoms with Crippen molar-refractivity contribution in [2.24, 2.45) is 12.5 Å². The van der Waals surface area contributed by atoms with E-state index in [4.69, 9.17) is 16.6 Å².